The number of esters is 1. The molecule has 0 aromatic carbocycles. The molecule has 0 N–H and O–H groups in total. The third-order valence-corrected chi connectivity index (χ3v) is 1.65. The van der Waals surface area contributed by atoms with Crippen LogP contribution in [0.5, 0.6) is 0 Å². The summed E-state index contributed by atoms with van der Waals surface area (Å²) in [6, 6.07) is 0. The number of amides is 1. The van der Waals surface area contributed by atoms with Crippen molar-refractivity contribution in [3.8, 4) is 0 Å². The van der Waals surface area contributed by atoms with Gasteiger partial charge in [-0.2, -0.15) is 5.06 Å². The van der Waals surface area contributed by atoms with Gasteiger partial charge < -0.3 is 4.74 Å². The molecule has 14 heavy (non-hydrogen) atoms. The summed E-state index contributed by atoms with van der Waals surface area (Å²) in [6.45, 7) is 3.63. The summed E-state index contributed by atoms with van der Waals surface area (Å²) >= 11 is 0. The molecule has 0 bridgehead atoms. The molecule has 0 aliphatic carbocycles. The van der Waals surface area contributed by atoms with Crippen LogP contribution >= 0.6 is 0 Å². The summed E-state index contributed by atoms with van der Waals surface area (Å²) in [5.74, 6) is -0.624. The molecule has 0 aromatic heterocycles. The molecule has 5 heteroatoms. The van der Waals surface area contributed by atoms with Gasteiger partial charge in [-0.1, -0.05) is 5.57 Å². The van der Waals surface area contributed by atoms with Crippen LogP contribution in [0.4, 0.5) is 0 Å². The van der Waals surface area contributed by atoms with Gasteiger partial charge in [0, 0.05) is 6.08 Å². The Bertz CT molecular complexity index is 281. The van der Waals surface area contributed by atoms with Gasteiger partial charge in [0.15, 0.2) is 6.23 Å². The fourth-order valence-corrected chi connectivity index (χ4v) is 0.954. The molecular formula is C9H13NO4. The van der Waals surface area contributed by atoms with E-state index in [-0.39, 0.29) is 18.3 Å². The highest BCUT2D eigenvalue weighted by molar-refractivity contribution is 5.89. The molecule has 1 unspecified atom stereocenters. The van der Waals surface area contributed by atoms with Crippen molar-refractivity contribution in [2.24, 2.45) is 0 Å². The molecule has 78 valence electrons. The molecule has 0 aromatic rings. The second kappa shape index (κ2) is 4.23. The summed E-state index contributed by atoms with van der Waals surface area (Å²) in [6.07, 6.45) is 1.08. The van der Waals surface area contributed by atoms with E-state index in [0.717, 1.165) is 10.6 Å². The highest BCUT2D eigenvalue weighted by Crippen LogP contribution is 2.24. The molecule has 1 aliphatic rings. The van der Waals surface area contributed by atoms with Crippen LogP contribution in [0.1, 0.15) is 20.3 Å². The summed E-state index contributed by atoms with van der Waals surface area (Å²) in [7, 11) is 1.30. The normalized spacial score (nSPS) is 18.8. The molecule has 1 fully saturated rings. The molecule has 1 atom stereocenters. The van der Waals surface area contributed by atoms with Crippen LogP contribution in [-0.2, 0) is 19.2 Å². The van der Waals surface area contributed by atoms with E-state index in [9.17, 15) is 9.59 Å². The number of nitrogens with zero attached hydrogens (tertiary/aromatic N) is 1. The Morgan fingerprint density at radius 2 is 2.14 bits per heavy atom. The number of hydrogen-bond acceptors (Lipinski definition) is 4. The van der Waals surface area contributed by atoms with E-state index in [1.165, 1.54) is 13.2 Å². The summed E-state index contributed by atoms with van der Waals surface area (Å²) in [5, 5.41) is 1.16. The van der Waals surface area contributed by atoms with Crippen LogP contribution in [0.15, 0.2) is 11.6 Å². The van der Waals surface area contributed by atoms with Gasteiger partial charge >= 0.3 is 5.97 Å². The average molecular weight is 199 g/mol. The zero-order valence-corrected chi connectivity index (χ0v) is 8.44. The SMILES string of the molecule is COC(=O)CC1ON1C(=O)C=C(C)C. The minimum atomic E-state index is -0.453. The topological polar surface area (TPSA) is 58.9 Å². The first kappa shape index (κ1) is 10.7. The highest BCUT2D eigenvalue weighted by Gasteiger charge is 2.42. The molecule has 1 aliphatic heterocycles. The molecule has 0 spiro atoms. The van der Waals surface area contributed by atoms with E-state index in [1.807, 2.05) is 13.8 Å². The molecule has 1 saturated heterocycles. The third kappa shape index (κ3) is 2.85. The van der Waals surface area contributed by atoms with Crippen molar-refractivity contribution in [2.75, 3.05) is 7.11 Å². The summed E-state index contributed by atoms with van der Waals surface area (Å²) in [4.78, 5) is 27.0. The first-order valence-electron chi connectivity index (χ1n) is 4.26. The van der Waals surface area contributed by atoms with Gasteiger partial charge in [-0.05, 0) is 13.8 Å². The van der Waals surface area contributed by atoms with E-state index in [4.69, 9.17) is 4.84 Å². The molecule has 5 nitrogen and oxygen atoms in total. The lowest BCUT2D eigenvalue weighted by atomic mass is 10.3. The number of rotatable bonds is 3. The van der Waals surface area contributed by atoms with Crippen LogP contribution in [0.3, 0.4) is 0 Å². The van der Waals surface area contributed by atoms with Crippen LogP contribution in [0.25, 0.3) is 0 Å². The Morgan fingerprint density at radius 3 is 2.64 bits per heavy atom. The molecule has 0 radical (unpaired) electrons. The van der Waals surface area contributed by atoms with E-state index in [0.29, 0.717) is 0 Å². The quantitative estimate of drug-likeness (QED) is 0.379. The monoisotopic (exact) mass is 199 g/mol. The van der Waals surface area contributed by atoms with E-state index in [2.05, 4.69) is 4.74 Å². The van der Waals surface area contributed by atoms with Crippen LogP contribution in [-0.4, -0.2) is 30.3 Å². The maximum absolute atomic E-state index is 11.3. The second-order valence-corrected chi connectivity index (χ2v) is 3.23. The number of allylic oxidation sites excluding steroid dienone is 1. The maximum atomic E-state index is 11.3. The van der Waals surface area contributed by atoms with E-state index < -0.39 is 6.23 Å². The molecule has 0 saturated carbocycles. The Hall–Kier alpha value is -1.36. The van der Waals surface area contributed by atoms with Crippen molar-refractivity contribution in [3.05, 3.63) is 11.6 Å². The van der Waals surface area contributed by atoms with E-state index >= 15 is 0 Å². The number of carbonyl (C=O) groups excluding carboxylic acids is 2. The van der Waals surface area contributed by atoms with Gasteiger partial charge in [0.1, 0.15) is 0 Å². The average Bonchev–Trinajstić information content (AvgIpc) is 2.82. The van der Waals surface area contributed by atoms with Gasteiger partial charge in [0.25, 0.3) is 5.91 Å². The van der Waals surface area contributed by atoms with Crippen LogP contribution in [0, 0.1) is 0 Å². The Balaban J connectivity index is 2.36. The fourth-order valence-electron chi connectivity index (χ4n) is 0.954. The number of hydroxylamine groups is 2. The molecule has 1 heterocycles. The largest absolute Gasteiger partial charge is 0.469 e. The zero-order valence-electron chi connectivity index (χ0n) is 8.44. The predicted octanol–water partition coefficient (Wildman–Crippen LogP) is 0.616. The predicted molar refractivity (Wildman–Crippen MR) is 47.8 cm³/mol. The summed E-state index contributed by atoms with van der Waals surface area (Å²) in [5.41, 5.74) is 0.891. The van der Waals surface area contributed by atoms with Crippen molar-refractivity contribution in [1.29, 1.82) is 0 Å². The number of ether oxygens (including phenoxy) is 1. The lowest BCUT2D eigenvalue weighted by Gasteiger charge is -1.94. The minimum absolute atomic E-state index is 0.0822. The highest BCUT2D eigenvalue weighted by atomic mass is 16.8. The standard InChI is InChI=1S/C9H13NO4/c1-6(2)4-7(11)10-8(14-10)5-9(12)13-3/h4,8H,5H2,1-3H3. The first-order valence-corrected chi connectivity index (χ1v) is 4.26. The van der Waals surface area contributed by atoms with Crippen molar-refractivity contribution in [3.63, 3.8) is 0 Å². The van der Waals surface area contributed by atoms with Gasteiger partial charge in [0.05, 0.1) is 13.5 Å². The van der Waals surface area contributed by atoms with Gasteiger partial charge in [0.2, 0.25) is 0 Å². The number of methoxy groups -OCH3 is 1. The molecular weight excluding hydrogens is 186 g/mol. The van der Waals surface area contributed by atoms with Gasteiger partial charge in [-0.15, -0.1) is 0 Å². The second-order valence-electron chi connectivity index (χ2n) is 3.23. The van der Waals surface area contributed by atoms with Crippen LogP contribution < -0.4 is 0 Å². The van der Waals surface area contributed by atoms with Gasteiger partial charge in [-0.25, -0.2) is 4.84 Å². The van der Waals surface area contributed by atoms with Crippen LogP contribution in [0.2, 0.25) is 0 Å². The lowest BCUT2D eigenvalue weighted by molar-refractivity contribution is -0.141. The fraction of sp³-hybridized carbons (Fsp3) is 0.556. The Labute approximate surface area is 82.2 Å². The lowest BCUT2D eigenvalue weighted by Crippen LogP contribution is -2.14. The maximum Gasteiger partial charge on any atom is 0.310 e. The Morgan fingerprint density at radius 1 is 1.50 bits per heavy atom. The number of hydrogen-bond donors (Lipinski definition) is 0. The molecule has 1 rings (SSSR count). The zero-order chi connectivity index (χ0) is 10.7. The third-order valence-electron chi connectivity index (χ3n) is 1.65. The van der Waals surface area contributed by atoms with Crippen molar-refractivity contribution >= 4 is 11.9 Å². The Kier molecular flexibility index (Phi) is 3.24. The van der Waals surface area contributed by atoms with Gasteiger partial charge in [-0.3, -0.25) is 9.59 Å². The summed E-state index contributed by atoms with van der Waals surface area (Å²) < 4.78 is 4.44. The minimum Gasteiger partial charge on any atom is -0.469 e. The van der Waals surface area contributed by atoms with Crippen molar-refractivity contribution < 1.29 is 19.2 Å². The van der Waals surface area contributed by atoms with Crippen molar-refractivity contribution in [1.82, 2.24) is 5.06 Å². The van der Waals surface area contributed by atoms with Crippen molar-refractivity contribution in [2.45, 2.75) is 26.5 Å². The smallest absolute Gasteiger partial charge is 0.310 e. The first-order chi connectivity index (χ1) is 6.54. The molecule has 1 amide bonds. The number of carbonyl (C=O) groups is 2. The van der Waals surface area contributed by atoms with E-state index in [1.54, 1.807) is 0 Å².